The molecule has 0 bridgehead atoms. The zero-order valence-corrected chi connectivity index (χ0v) is 13.2. The van der Waals surface area contributed by atoms with Gasteiger partial charge in [0, 0.05) is 32.5 Å². The molecule has 0 N–H and O–H groups in total. The Balaban J connectivity index is 1.53. The predicted molar refractivity (Wildman–Crippen MR) is 80.6 cm³/mol. The van der Waals surface area contributed by atoms with Crippen LogP contribution in [-0.2, 0) is 15.7 Å². The van der Waals surface area contributed by atoms with E-state index in [0.717, 1.165) is 18.6 Å². The first-order valence-electron chi connectivity index (χ1n) is 8.14. The van der Waals surface area contributed by atoms with Gasteiger partial charge in [0.1, 0.15) is 11.9 Å². The van der Waals surface area contributed by atoms with E-state index < -0.39 is 11.7 Å². The second-order valence-corrected chi connectivity index (χ2v) is 6.23. The average Bonchev–Trinajstić information content (AvgIpc) is 3.09. The zero-order valence-electron chi connectivity index (χ0n) is 13.2. The quantitative estimate of drug-likeness (QED) is 0.846. The molecule has 2 aliphatic heterocycles. The molecule has 0 aromatic heterocycles. The summed E-state index contributed by atoms with van der Waals surface area (Å²) in [7, 11) is 0. The van der Waals surface area contributed by atoms with Crippen LogP contribution in [0.25, 0.3) is 0 Å². The third kappa shape index (κ3) is 4.01. The van der Waals surface area contributed by atoms with Gasteiger partial charge in [0.25, 0.3) is 0 Å². The molecule has 132 valence electrons. The lowest BCUT2D eigenvalue weighted by atomic mass is 10.0. The van der Waals surface area contributed by atoms with E-state index in [2.05, 4.69) is 0 Å². The highest BCUT2D eigenvalue weighted by atomic mass is 19.4. The maximum absolute atomic E-state index is 12.7. The molecule has 24 heavy (non-hydrogen) atoms. The molecule has 2 aliphatic rings. The monoisotopic (exact) mass is 343 g/mol. The fraction of sp³-hybridized carbons (Fsp3) is 0.588. The Morgan fingerprint density at radius 1 is 1.21 bits per heavy atom. The normalized spacial score (nSPS) is 22.6. The van der Waals surface area contributed by atoms with Gasteiger partial charge in [-0.25, -0.2) is 0 Å². The minimum absolute atomic E-state index is 0.0501. The Kier molecular flexibility index (Phi) is 4.99. The largest absolute Gasteiger partial charge is 0.490 e. The van der Waals surface area contributed by atoms with Crippen LogP contribution in [0, 0.1) is 5.92 Å². The first kappa shape index (κ1) is 17.1. The summed E-state index contributed by atoms with van der Waals surface area (Å²) in [6, 6.07) is 4.92. The number of carbonyl (C=O) groups excluding carboxylic acids is 1. The van der Waals surface area contributed by atoms with E-state index in [1.54, 1.807) is 0 Å². The summed E-state index contributed by atoms with van der Waals surface area (Å²) in [4.78, 5) is 14.1. The van der Waals surface area contributed by atoms with Gasteiger partial charge < -0.3 is 14.4 Å². The standard InChI is InChI=1S/C17H20F3NO3/c18-17(19,20)13-2-1-3-15(10-13)24-14-4-7-21(8-5-14)16(22)12-6-9-23-11-12/h1-3,10,12,14H,4-9,11H2. The highest BCUT2D eigenvalue weighted by Gasteiger charge is 2.32. The lowest BCUT2D eigenvalue weighted by Crippen LogP contribution is -2.44. The Labute approximate surface area is 138 Å². The number of nitrogens with zero attached hydrogens (tertiary/aromatic N) is 1. The molecular weight excluding hydrogens is 323 g/mol. The van der Waals surface area contributed by atoms with Crippen molar-refractivity contribution in [3.05, 3.63) is 29.8 Å². The van der Waals surface area contributed by atoms with E-state index in [0.29, 0.717) is 39.1 Å². The average molecular weight is 343 g/mol. The maximum Gasteiger partial charge on any atom is 0.416 e. The molecule has 1 aromatic rings. The lowest BCUT2D eigenvalue weighted by Gasteiger charge is -2.33. The highest BCUT2D eigenvalue weighted by Crippen LogP contribution is 2.32. The van der Waals surface area contributed by atoms with Crippen molar-refractivity contribution < 1.29 is 27.4 Å². The summed E-state index contributed by atoms with van der Waals surface area (Å²) in [5.41, 5.74) is -0.714. The van der Waals surface area contributed by atoms with Crippen LogP contribution in [0.15, 0.2) is 24.3 Å². The van der Waals surface area contributed by atoms with Crippen LogP contribution in [0.2, 0.25) is 0 Å². The topological polar surface area (TPSA) is 38.8 Å². The van der Waals surface area contributed by atoms with Crippen LogP contribution in [0.1, 0.15) is 24.8 Å². The van der Waals surface area contributed by atoms with Gasteiger partial charge in [-0.05, 0) is 24.6 Å². The first-order chi connectivity index (χ1) is 11.4. The van der Waals surface area contributed by atoms with Crippen LogP contribution in [0.3, 0.4) is 0 Å². The molecule has 1 atom stereocenters. The number of hydrogen-bond donors (Lipinski definition) is 0. The molecule has 4 nitrogen and oxygen atoms in total. The molecule has 2 fully saturated rings. The summed E-state index contributed by atoms with van der Waals surface area (Å²) in [5, 5.41) is 0. The summed E-state index contributed by atoms with van der Waals surface area (Å²) in [6.07, 6.45) is -2.54. The summed E-state index contributed by atoms with van der Waals surface area (Å²) < 4.78 is 49.1. The van der Waals surface area contributed by atoms with Crippen LogP contribution in [-0.4, -0.2) is 43.2 Å². The van der Waals surface area contributed by atoms with E-state index >= 15 is 0 Å². The van der Waals surface area contributed by atoms with Gasteiger partial charge in [0.2, 0.25) is 5.91 Å². The zero-order chi connectivity index (χ0) is 17.2. The fourth-order valence-corrected chi connectivity index (χ4v) is 3.12. The molecule has 1 amide bonds. The molecule has 7 heteroatoms. The summed E-state index contributed by atoms with van der Waals surface area (Å²) >= 11 is 0. The molecule has 1 aromatic carbocycles. The smallest absolute Gasteiger partial charge is 0.416 e. The Hall–Kier alpha value is -1.76. The van der Waals surface area contributed by atoms with E-state index in [-0.39, 0.29) is 23.7 Å². The van der Waals surface area contributed by atoms with Crippen LogP contribution < -0.4 is 4.74 Å². The minimum atomic E-state index is -4.38. The van der Waals surface area contributed by atoms with Crippen molar-refractivity contribution in [2.75, 3.05) is 26.3 Å². The number of amides is 1. The van der Waals surface area contributed by atoms with E-state index in [9.17, 15) is 18.0 Å². The first-order valence-corrected chi connectivity index (χ1v) is 8.14. The summed E-state index contributed by atoms with van der Waals surface area (Å²) in [6.45, 7) is 2.25. The number of alkyl halides is 3. The number of rotatable bonds is 3. The number of piperidine rings is 1. The van der Waals surface area contributed by atoms with Crippen molar-refractivity contribution in [2.24, 2.45) is 5.92 Å². The second kappa shape index (κ2) is 7.01. The number of likely N-dealkylation sites (tertiary alicyclic amines) is 1. The van der Waals surface area contributed by atoms with Gasteiger partial charge >= 0.3 is 6.18 Å². The predicted octanol–water partition coefficient (Wildman–Crippen LogP) is 3.11. The number of halogens is 3. The Bertz CT molecular complexity index is 577. The van der Waals surface area contributed by atoms with Crippen LogP contribution >= 0.6 is 0 Å². The molecule has 1 unspecified atom stereocenters. The number of ether oxygens (including phenoxy) is 2. The third-order valence-electron chi connectivity index (χ3n) is 4.50. The Morgan fingerprint density at radius 2 is 1.96 bits per heavy atom. The number of benzene rings is 1. The Morgan fingerprint density at radius 3 is 2.58 bits per heavy atom. The van der Waals surface area contributed by atoms with Crippen LogP contribution in [0.4, 0.5) is 13.2 Å². The number of carbonyl (C=O) groups is 1. The van der Waals surface area contributed by atoms with Crippen LogP contribution in [0.5, 0.6) is 5.75 Å². The number of hydrogen-bond acceptors (Lipinski definition) is 3. The maximum atomic E-state index is 12.7. The van der Waals surface area contributed by atoms with E-state index in [4.69, 9.17) is 9.47 Å². The highest BCUT2D eigenvalue weighted by molar-refractivity contribution is 5.79. The van der Waals surface area contributed by atoms with Gasteiger partial charge in [0.05, 0.1) is 18.1 Å². The SMILES string of the molecule is O=C(C1CCOC1)N1CCC(Oc2cccc(C(F)(F)F)c2)CC1. The molecule has 2 heterocycles. The lowest BCUT2D eigenvalue weighted by molar-refractivity contribution is -0.138. The van der Waals surface area contributed by atoms with Gasteiger partial charge in [-0.1, -0.05) is 6.07 Å². The molecule has 0 radical (unpaired) electrons. The molecule has 0 spiro atoms. The third-order valence-corrected chi connectivity index (χ3v) is 4.50. The van der Waals surface area contributed by atoms with Crippen molar-refractivity contribution in [1.29, 1.82) is 0 Å². The van der Waals surface area contributed by atoms with Crippen molar-refractivity contribution >= 4 is 5.91 Å². The molecule has 2 saturated heterocycles. The van der Waals surface area contributed by atoms with E-state index in [1.807, 2.05) is 4.90 Å². The minimum Gasteiger partial charge on any atom is -0.490 e. The molecular formula is C17H20F3NO3. The van der Waals surface area contributed by atoms with Crippen molar-refractivity contribution in [3.63, 3.8) is 0 Å². The molecule has 0 saturated carbocycles. The molecule has 0 aliphatic carbocycles. The van der Waals surface area contributed by atoms with E-state index in [1.165, 1.54) is 12.1 Å². The van der Waals surface area contributed by atoms with Crippen molar-refractivity contribution in [1.82, 2.24) is 4.90 Å². The summed E-state index contributed by atoms with van der Waals surface area (Å²) in [5.74, 6) is 0.287. The second-order valence-electron chi connectivity index (χ2n) is 6.23. The van der Waals surface area contributed by atoms with Gasteiger partial charge in [-0.15, -0.1) is 0 Å². The van der Waals surface area contributed by atoms with Crippen molar-refractivity contribution in [3.8, 4) is 5.75 Å². The van der Waals surface area contributed by atoms with Crippen molar-refractivity contribution in [2.45, 2.75) is 31.5 Å². The molecule has 3 rings (SSSR count). The van der Waals surface area contributed by atoms with Gasteiger partial charge in [-0.2, -0.15) is 13.2 Å². The fourth-order valence-electron chi connectivity index (χ4n) is 3.12. The van der Waals surface area contributed by atoms with Gasteiger partial charge in [-0.3, -0.25) is 4.79 Å². The van der Waals surface area contributed by atoms with Gasteiger partial charge in [0.15, 0.2) is 0 Å².